The summed E-state index contributed by atoms with van der Waals surface area (Å²) >= 11 is 0.346. The fraction of sp³-hybridized carbons (Fsp3) is 1.00. The van der Waals surface area contributed by atoms with Gasteiger partial charge in [0.25, 0.3) is 0 Å². The normalized spacial score (nSPS) is 26.2. The van der Waals surface area contributed by atoms with Crippen LogP contribution in [0.4, 0.5) is 0 Å². The first-order valence-corrected chi connectivity index (χ1v) is 10.5. The fourth-order valence-corrected chi connectivity index (χ4v) is 4.60. The van der Waals surface area contributed by atoms with Crippen LogP contribution >= 0.6 is 0 Å². The van der Waals surface area contributed by atoms with Crippen molar-refractivity contribution in [3.05, 3.63) is 0 Å². The van der Waals surface area contributed by atoms with E-state index in [9.17, 15) is 0 Å². The van der Waals surface area contributed by atoms with Crippen LogP contribution in [0.3, 0.4) is 0 Å². The molecule has 0 aliphatic carbocycles. The molecule has 2 aliphatic heterocycles. The third-order valence-corrected chi connectivity index (χ3v) is 6.78. The second kappa shape index (κ2) is 7.41. The molecular weight excluding hydrogens is 337 g/mol. The topological polar surface area (TPSA) is 9.72 Å². The predicted octanol–water partition coefficient (Wildman–Crippen LogP) is -1.64. The van der Waals surface area contributed by atoms with Gasteiger partial charge in [0.05, 0.1) is 0 Å². The Kier molecular flexibility index (Phi) is 6.18. The van der Waals surface area contributed by atoms with Gasteiger partial charge in [0, 0.05) is 0 Å². The van der Waals surface area contributed by atoms with E-state index in [0.29, 0.717) is 21.5 Å². The summed E-state index contributed by atoms with van der Waals surface area (Å²) in [5, 5.41) is 0. The zero-order valence-corrected chi connectivity index (χ0v) is 14.4. The first-order chi connectivity index (χ1) is 8.69. The van der Waals surface area contributed by atoms with Crippen LogP contribution in [-0.2, 0) is 0 Å². The average Bonchev–Trinajstić information content (AvgIpc) is 2.40. The SMILES string of the molecule is C[I-]N1CCC(CN2CCN(C(C)C)CC2)CC1. The molecule has 0 atom stereocenters. The Morgan fingerprint density at radius 1 is 1.00 bits per heavy atom. The Morgan fingerprint density at radius 3 is 2.11 bits per heavy atom. The number of nitrogens with zero attached hydrogens (tertiary/aromatic N) is 3. The molecule has 0 radical (unpaired) electrons. The molecule has 0 aromatic heterocycles. The average molecular weight is 366 g/mol. The van der Waals surface area contributed by atoms with E-state index in [1.54, 1.807) is 0 Å². The number of alkyl halides is 1. The van der Waals surface area contributed by atoms with Gasteiger partial charge < -0.3 is 0 Å². The van der Waals surface area contributed by atoms with Crippen LogP contribution in [-0.4, -0.2) is 69.7 Å². The maximum atomic E-state index is 2.71. The molecule has 2 heterocycles. The van der Waals surface area contributed by atoms with Gasteiger partial charge in [-0.25, -0.2) is 0 Å². The van der Waals surface area contributed by atoms with Crippen LogP contribution in [0.25, 0.3) is 0 Å². The van der Waals surface area contributed by atoms with E-state index in [1.165, 1.54) is 58.7 Å². The molecule has 108 valence electrons. The third kappa shape index (κ3) is 4.32. The van der Waals surface area contributed by atoms with E-state index in [4.69, 9.17) is 0 Å². The zero-order valence-electron chi connectivity index (χ0n) is 12.2. The van der Waals surface area contributed by atoms with Gasteiger partial charge in [-0.1, -0.05) is 0 Å². The third-order valence-electron chi connectivity index (χ3n) is 4.45. The van der Waals surface area contributed by atoms with Crippen LogP contribution < -0.4 is 21.5 Å². The summed E-state index contributed by atoms with van der Waals surface area (Å²) in [7, 11) is 0. The standard InChI is InChI=1S/C14H29IN3/c1-13(2)17-10-8-16(9-11-17)12-14-4-6-18(15-3)7-5-14/h13-14H,4-12H2,1-3H3/q-1. The van der Waals surface area contributed by atoms with Crippen molar-refractivity contribution < 1.29 is 21.5 Å². The Hall–Kier alpha value is 0.610. The zero-order chi connectivity index (χ0) is 13.0. The first kappa shape index (κ1) is 15.0. The van der Waals surface area contributed by atoms with Crippen LogP contribution in [0.5, 0.6) is 0 Å². The molecule has 4 heteroatoms. The molecule has 0 aromatic rings. The summed E-state index contributed by atoms with van der Waals surface area (Å²) in [4.78, 5) is 7.71. The minimum atomic E-state index is 0.346. The summed E-state index contributed by atoms with van der Waals surface area (Å²) in [6.45, 7) is 13.9. The molecular formula is C14H29IN3-. The van der Waals surface area contributed by atoms with E-state index >= 15 is 0 Å². The van der Waals surface area contributed by atoms with Crippen molar-refractivity contribution in [3.8, 4) is 0 Å². The number of piperidine rings is 1. The van der Waals surface area contributed by atoms with E-state index in [1.807, 2.05) is 0 Å². The second-order valence-electron chi connectivity index (χ2n) is 5.95. The van der Waals surface area contributed by atoms with E-state index in [2.05, 4.69) is 31.7 Å². The quantitative estimate of drug-likeness (QED) is 0.336. The number of hydrogen-bond acceptors (Lipinski definition) is 3. The molecule has 0 bridgehead atoms. The molecule has 0 spiro atoms. The number of piperazine rings is 1. The first-order valence-electron chi connectivity index (χ1n) is 7.40. The summed E-state index contributed by atoms with van der Waals surface area (Å²) in [6, 6.07) is 0.726. The van der Waals surface area contributed by atoms with Gasteiger partial charge >= 0.3 is 124 Å². The van der Waals surface area contributed by atoms with Crippen molar-refractivity contribution >= 4 is 0 Å². The summed E-state index contributed by atoms with van der Waals surface area (Å²) in [6.07, 6.45) is 2.88. The van der Waals surface area contributed by atoms with Crippen LogP contribution in [0.15, 0.2) is 0 Å². The molecule has 0 saturated carbocycles. The van der Waals surface area contributed by atoms with E-state index < -0.39 is 0 Å². The van der Waals surface area contributed by atoms with Gasteiger partial charge in [-0.3, -0.25) is 0 Å². The Labute approximate surface area is 123 Å². The molecule has 2 aliphatic rings. The van der Waals surface area contributed by atoms with Crippen molar-refractivity contribution in [1.29, 1.82) is 0 Å². The minimum absolute atomic E-state index is 0.346. The second-order valence-corrected chi connectivity index (χ2v) is 8.28. The number of halogens is 1. The molecule has 2 rings (SSSR count). The molecule has 0 N–H and O–H groups in total. The van der Waals surface area contributed by atoms with Crippen molar-refractivity contribution in [2.45, 2.75) is 32.7 Å². The van der Waals surface area contributed by atoms with Crippen LogP contribution in [0.1, 0.15) is 26.7 Å². The van der Waals surface area contributed by atoms with Gasteiger partial charge in [-0.05, 0) is 0 Å². The summed E-state index contributed by atoms with van der Waals surface area (Å²) < 4.78 is 2.70. The Morgan fingerprint density at radius 2 is 1.61 bits per heavy atom. The van der Waals surface area contributed by atoms with Crippen molar-refractivity contribution in [3.63, 3.8) is 0 Å². The number of hydrogen-bond donors (Lipinski definition) is 0. The molecule has 3 nitrogen and oxygen atoms in total. The van der Waals surface area contributed by atoms with Crippen molar-refractivity contribution in [1.82, 2.24) is 12.9 Å². The van der Waals surface area contributed by atoms with E-state index in [0.717, 1.165) is 12.0 Å². The van der Waals surface area contributed by atoms with Crippen molar-refractivity contribution in [2.75, 3.05) is 50.7 Å². The van der Waals surface area contributed by atoms with Crippen LogP contribution in [0.2, 0.25) is 0 Å². The van der Waals surface area contributed by atoms with Crippen LogP contribution in [0, 0.1) is 5.92 Å². The molecule has 18 heavy (non-hydrogen) atoms. The van der Waals surface area contributed by atoms with E-state index in [-0.39, 0.29) is 0 Å². The van der Waals surface area contributed by atoms with Gasteiger partial charge in [0.2, 0.25) is 0 Å². The molecule has 2 saturated heterocycles. The predicted molar refractivity (Wildman–Crippen MR) is 73.4 cm³/mol. The monoisotopic (exact) mass is 366 g/mol. The Balaban J connectivity index is 1.66. The molecule has 2 fully saturated rings. The maximum absolute atomic E-state index is 2.71. The van der Waals surface area contributed by atoms with Gasteiger partial charge in [0.15, 0.2) is 0 Å². The molecule has 0 amide bonds. The van der Waals surface area contributed by atoms with Crippen molar-refractivity contribution in [2.24, 2.45) is 5.92 Å². The molecule has 0 unspecified atom stereocenters. The summed E-state index contributed by atoms with van der Waals surface area (Å²) in [5.74, 6) is 0.974. The van der Waals surface area contributed by atoms with Gasteiger partial charge in [0.1, 0.15) is 0 Å². The summed E-state index contributed by atoms with van der Waals surface area (Å²) in [5.41, 5.74) is 0. The fourth-order valence-electron chi connectivity index (χ4n) is 3.08. The molecule has 0 aromatic carbocycles. The Bertz CT molecular complexity index is 231. The van der Waals surface area contributed by atoms with Gasteiger partial charge in [-0.15, -0.1) is 0 Å². The number of rotatable bonds is 4. The van der Waals surface area contributed by atoms with Gasteiger partial charge in [-0.2, -0.15) is 0 Å².